The maximum atomic E-state index is 11.9. The van der Waals surface area contributed by atoms with E-state index in [0.29, 0.717) is 0 Å². The first-order valence-electron chi connectivity index (χ1n) is 6.40. The maximum absolute atomic E-state index is 11.9. The Kier molecular flexibility index (Phi) is 5.35. The molecule has 18 heavy (non-hydrogen) atoms. The van der Waals surface area contributed by atoms with Gasteiger partial charge in [-0.25, -0.2) is 4.79 Å². The molecular formula is C15H23NO2. The number of hydrogen-bond acceptors (Lipinski definition) is 3. The summed E-state index contributed by atoms with van der Waals surface area (Å²) in [4.78, 5) is 11.9. The van der Waals surface area contributed by atoms with E-state index in [1.54, 1.807) is 0 Å². The molecule has 1 atom stereocenters. The Morgan fingerprint density at radius 3 is 2.28 bits per heavy atom. The number of rotatable bonds is 5. The maximum Gasteiger partial charge on any atom is 0.327 e. The van der Waals surface area contributed by atoms with Crippen molar-refractivity contribution in [3.63, 3.8) is 0 Å². The van der Waals surface area contributed by atoms with Crippen LogP contribution in [0.3, 0.4) is 0 Å². The summed E-state index contributed by atoms with van der Waals surface area (Å²) in [7, 11) is 1.43. The molecule has 0 saturated heterocycles. The van der Waals surface area contributed by atoms with Gasteiger partial charge in [-0.2, -0.15) is 0 Å². The number of nitrogens with one attached hydrogen (secondary N) is 1. The predicted molar refractivity (Wildman–Crippen MR) is 73.7 cm³/mol. The van der Waals surface area contributed by atoms with Crippen LogP contribution in [0, 0.1) is 20.8 Å². The molecular weight excluding hydrogens is 226 g/mol. The van der Waals surface area contributed by atoms with Gasteiger partial charge in [0.05, 0.1) is 7.11 Å². The van der Waals surface area contributed by atoms with Crippen molar-refractivity contribution in [3.8, 4) is 0 Å². The van der Waals surface area contributed by atoms with Gasteiger partial charge in [0.1, 0.15) is 6.04 Å². The third-order valence-electron chi connectivity index (χ3n) is 3.06. The van der Waals surface area contributed by atoms with E-state index in [2.05, 4.69) is 31.3 Å². The SMILES string of the molecule is CCCNC(C(=O)OC)c1c(C)cc(C)cc1C. The largest absolute Gasteiger partial charge is 0.468 e. The zero-order chi connectivity index (χ0) is 13.7. The van der Waals surface area contributed by atoms with Crippen molar-refractivity contribution in [1.82, 2.24) is 5.32 Å². The lowest BCUT2D eigenvalue weighted by Crippen LogP contribution is -2.31. The van der Waals surface area contributed by atoms with Crippen molar-refractivity contribution in [3.05, 3.63) is 34.4 Å². The number of carbonyl (C=O) groups is 1. The second kappa shape index (κ2) is 6.55. The van der Waals surface area contributed by atoms with Crippen LogP contribution >= 0.6 is 0 Å². The number of esters is 1. The van der Waals surface area contributed by atoms with E-state index in [-0.39, 0.29) is 12.0 Å². The van der Waals surface area contributed by atoms with Crippen LogP contribution in [-0.4, -0.2) is 19.6 Å². The Hall–Kier alpha value is -1.35. The monoisotopic (exact) mass is 249 g/mol. The average Bonchev–Trinajstić information content (AvgIpc) is 2.31. The number of benzene rings is 1. The summed E-state index contributed by atoms with van der Waals surface area (Å²) in [6.07, 6.45) is 0.984. The first-order chi connectivity index (χ1) is 8.51. The van der Waals surface area contributed by atoms with Gasteiger partial charge < -0.3 is 10.1 Å². The van der Waals surface area contributed by atoms with Gasteiger partial charge in [-0.3, -0.25) is 0 Å². The highest BCUT2D eigenvalue weighted by Gasteiger charge is 2.23. The fraction of sp³-hybridized carbons (Fsp3) is 0.533. The minimum absolute atomic E-state index is 0.224. The van der Waals surface area contributed by atoms with Crippen LogP contribution in [0.25, 0.3) is 0 Å². The second-order valence-electron chi connectivity index (χ2n) is 4.72. The van der Waals surface area contributed by atoms with Crippen molar-refractivity contribution in [2.45, 2.75) is 40.2 Å². The summed E-state index contributed by atoms with van der Waals surface area (Å²) in [6.45, 7) is 9.02. The molecule has 1 rings (SSSR count). The molecule has 0 aromatic heterocycles. The normalized spacial score (nSPS) is 12.3. The number of aryl methyl sites for hydroxylation is 3. The van der Waals surface area contributed by atoms with Crippen LogP contribution in [0.5, 0.6) is 0 Å². The lowest BCUT2D eigenvalue weighted by Gasteiger charge is -2.21. The van der Waals surface area contributed by atoms with Crippen LogP contribution in [0.1, 0.15) is 41.6 Å². The quantitative estimate of drug-likeness (QED) is 0.815. The lowest BCUT2D eigenvalue weighted by molar-refractivity contribution is -0.143. The van der Waals surface area contributed by atoms with Crippen LogP contribution in [0.2, 0.25) is 0 Å². The Labute approximate surface area is 110 Å². The summed E-state index contributed by atoms with van der Waals surface area (Å²) < 4.78 is 4.90. The van der Waals surface area contributed by atoms with Crippen LogP contribution < -0.4 is 5.32 Å². The Morgan fingerprint density at radius 2 is 1.83 bits per heavy atom. The highest BCUT2D eigenvalue weighted by Crippen LogP contribution is 2.24. The van der Waals surface area contributed by atoms with Gasteiger partial charge in [0.15, 0.2) is 0 Å². The third-order valence-corrected chi connectivity index (χ3v) is 3.06. The molecule has 0 aliphatic heterocycles. The van der Waals surface area contributed by atoms with Crippen molar-refractivity contribution in [2.75, 3.05) is 13.7 Å². The first kappa shape index (κ1) is 14.7. The fourth-order valence-corrected chi connectivity index (χ4v) is 2.36. The molecule has 0 fully saturated rings. The topological polar surface area (TPSA) is 38.3 Å². The number of carbonyl (C=O) groups excluding carboxylic acids is 1. The van der Waals surface area contributed by atoms with Crippen LogP contribution in [0.4, 0.5) is 0 Å². The Bertz CT molecular complexity index is 403. The molecule has 1 aromatic rings. The zero-order valence-corrected chi connectivity index (χ0v) is 12.0. The van der Waals surface area contributed by atoms with Gasteiger partial charge in [0, 0.05) is 0 Å². The molecule has 3 nitrogen and oxygen atoms in total. The van der Waals surface area contributed by atoms with Gasteiger partial charge in [-0.05, 0) is 50.4 Å². The highest BCUT2D eigenvalue weighted by atomic mass is 16.5. The smallest absolute Gasteiger partial charge is 0.327 e. The Morgan fingerprint density at radius 1 is 1.28 bits per heavy atom. The minimum atomic E-state index is -0.365. The molecule has 0 spiro atoms. The van der Waals surface area contributed by atoms with Gasteiger partial charge in [-0.15, -0.1) is 0 Å². The molecule has 3 heteroatoms. The molecule has 0 amide bonds. The fourth-order valence-electron chi connectivity index (χ4n) is 2.36. The van der Waals surface area contributed by atoms with Gasteiger partial charge in [0.2, 0.25) is 0 Å². The summed E-state index contributed by atoms with van der Waals surface area (Å²) in [5.41, 5.74) is 4.52. The minimum Gasteiger partial charge on any atom is -0.468 e. The van der Waals surface area contributed by atoms with E-state index in [1.807, 2.05) is 13.8 Å². The molecule has 1 aromatic carbocycles. The number of methoxy groups -OCH3 is 1. The first-order valence-corrected chi connectivity index (χ1v) is 6.40. The van der Waals surface area contributed by atoms with Gasteiger partial charge in [0.25, 0.3) is 0 Å². The molecule has 0 saturated carbocycles. The van der Waals surface area contributed by atoms with E-state index in [0.717, 1.165) is 29.7 Å². The average molecular weight is 249 g/mol. The molecule has 0 aliphatic carbocycles. The van der Waals surface area contributed by atoms with Gasteiger partial charge in [-0.1, -0.05) is 24.6 Å². The van der Waals surface area contributed by atoms with Crippen LogP contribution in [0.15, 0.2) is 12.1 Å². The molecule has 0 heterocycles. The van der Waals surface area contributed by atoms with E-state index in [1.165, 1.54) is 12.7 Å². The lowest BCUT2D eigenvalue weighted by atomic mass is 9.94. The van der Waals surface area contributed by atoms with E-state index in [4.69, 9.17) is 4.74 Å². The molecule has 0 radical (unpaired) electrons. The molecule has 100 valence electrons. The molecule has 1 N–H and O–H groups in total. The van der Waals surface area contributed by atoms with Crippen molar-refractivity contribution in [1.29, 1.82) is 0 Å². The summed E-state index contributed by atoms with van der Waals surface area (Å²) in [6, 6.07) is 3.84. The molecule has 0 aliphatic rings. The summed E-state index contributed by atoms with van der Waals surface area (Å²) in [5, 5.41) is 3.26. The standard InChI is InChI=1S/C15H23NO2/c1-6-7-16-14(15(17)18-5)13-11(3)8-10(2)9-12(13)4/h8-9,14,16H,6-7H2,1-5H3. The Balaban J connectivity index is 3.16. The van der Waals surface area contributed by atoms with E-state index in [9.17, 15) is 4.79 Å². The van der Waals surface area contributed by atoms with E-state index >= 15 is 0 Å². The highest BCUT2D eigenvalue weighted by molar-refractivity contribution is 5.78. The zero-order valence-electron chi connectivity index (χ0n) is 12.0. The molecule has 1 unspecified atom stereocenters. The van der Waals surface area contributed by atoms with Crippen LogP contribution in [-0.2, 0) is 9.53 Å². The van der Waals surface area contributed by atoms with Gasteiger partial charge >= 0.3 is 5.97 Å². The van der Waals surface area contributed by atoms with E-state index < -0.39 is 0 Å². The summed E-state index contributed by atoms with van der Waals surface area (Å²) >= 11 is 0. The number of hydrogen-bond donors (Lipinski definition) is 1. The third kappa shape index (κ3) is 3.33. The van der Waals surface area contributed by atoms with Crippen molar-refractivity contribution >= 4 is 5.97 Å². The van der Waals surface area contributed by atoms with Crippen molar-refractivity contribution < 1.29 is 9.53 Å². The number of ether oxygens (including phenoxy) is 1. The predicted octanol–water partition coefficient (Wildman–Crippen LogP) is 2.83. The second-order valence-corrected chi connectivity index (χ2v) is 4.72. The summed E-state index contributed by atoms with van der Waals surface area (Å²) in [5.74, 6) is -0.224. The molecule has 0 bridgehead atoms. The van der Waals surface area contributed by atoms with Crippen molar-refractivity contribution in [2.24, 2.45) is 0 Å².